The lowest BCUT2D eigenvalue weighted by Gasteiger charge is -2.31. The van der Waals surface area contributed by atoms with Gasteiger partial charge in [-0.15, -0.1) is 0 Å². The Morgan fingerprint density at radius 2 is 0.630 bits per heavy atom. The van der Waals surface area contributed by atoms with Gasteiger partial charge in [0.25, 0.3) is 0 Å². The number of rotatable bonds is 6. The first kappa shape index (κ1) is 37.0. The molecule has 2 heteroatoms. The molecule has 0 aromatic heterocycles. The van der Waals surface area contributed by atoms with E-state index in [0.717, 1.165) is 22.7 Å². The fourth-order valence-electron chi connectivity index (χ4n) is 8.01. The first-order valence-electron chi connectivity index (χ1n) is 19.4. The third kappa shape index (κ3) is 7.03. The molecule has 0 unspecified atom stereocenters. The second kappa shape index (κ2) is 13.8. The average Bonchev–Trinajstić information content (AvgIpc) is 3.11. The molecule has 0 heterocycles. The first-order valence-corrected chi connectivity index (χ1v) is 19.4. The zero-order valence-electron chi connectivity index (χ0n) is 34.4. The highest BCUT2D eigenvalue weighted by molar-refractivity contribution is 6.10. The summed E-state index contributed by atoms with van der Waals surface area (Å²) in [5.74, 6) is 0. The van der Waals surface area contributed by atoms with Crippen molar-refractivity contribution in [2.75, 3.05) is 9.80 Å². The highest BCUT2D eigenvalue weighted by Gasteiger charge is 2.24. The molecule has 0 fully saturated rings. The minimum atomic E-state index is 0.0817. The van der Waals surface area contributed by atoms with Gasteiger partial charge in [0.05, 0.1) is 11.4 Å². The van der Waals surface area contributed by atoms with Crippen LogP contribution in [0.3, 0.4) is 0 Å². The van der Waals surface area contributed by atoms with E-state index in [2.05, 4.69) is 214 Å². The molecule has 0 bridgehead atoms. The van der Waals surface area contributed by atoms with Gasteiger partial charge in [0.15, 0.2) is 0 Å². The summed E-state index contributed by atoms with van der Waals surface area (Å²) in [7, 11) is 0. The molecule has 54 heavy (non-hydrogen) atoms. The Kier molecular flexibility index (Phi) is 9.47. The zero-order valence-corrected chi connectivity index (χ0v) is 34.4. The second-order valence-electron chi connectivity index (χ2n) is 17.6. The van der Waals surface area contributed by atoms with Gasteiger partial charge in [0, 0.05) is 22.7 Å². The molecule has 0 aliphatic heterocycles. The summed E-state index contributed by atoms with van der Waals surface area (Å²) in [6.07, 6.45) is 0. The topological polar surface area (TPSA) is 6.48 Å². The van der Waals surface area contributed by atoms with E-state index in [4.69, 9.17) is 0 Å². The smallest absolute Gasteiger partial charge is 0.0520 e. The number of fused-ring (bicyclic) bond motifs is 3. The van der Waals surface area contributed by atoms with E-state index in [1.807, 2.05) is 0 Å². The molecule has 0 atom stereocenters. The van der Waals surface area contributed by atoms with Gasteiger partial charge >= 0.3 is 0 Å². The summed E-state index contributed by atoms with van der Waals surface area (Å²) < 4.78 is 0. The predicted octanol–water partition coefficient (Wildman–Crippen LogP) is 15.4. The van der Waals surface area contributed by atoms with Gasteiger partial charge in [-0.25, -0.2) is 0 Å². The lowest BCUT2D eigenvalue weighted by atomic mass is 9.84. The molecule has 0 saturated carbocycles. The fraction of sp³-hybridized carbons (Fsp3) is 0.269. The molecule has 7 aromatic carbocycles. The number of anilines is 6. The quantitative estimate of drug-likeness (QED) is 0.159. The van der Waals surface area contributed by atoms with Crippen LogP contribution in [0.1, 0.15) is 86.1 Å². The Morgan fingerprint density at radius 1 is 0.333 bits per heavy atom. The van der Waals surface area contributed by atoms with E-state index in [1.54, 1.807) is 0 Å². The first-order chi connectivity index (χ1) is 25.5. The summed E-state index contributed by atoms with van der Waals surface area (Å²) in [5.41, 5.74) is 17.7. The molecule has 0 saturated heterocycles. The van der Waals surface area contributed by atoms with Crippen molar-refractivity contribution in [1.29, 1.82) is 0 Å². The minimum absolute atomic E-state index is 0.0817. The third-order valence-corrected chi connectivity index (χ3v) is 11.1. The lowest BCUT2D eigenvalue weighted by molar-refractivity contribution is 0.589. The van der Waals surface area contributed by atoms with Crippen LogP contribution in [0.2, 0.25) is 0 Å². The van der Waals surface area contributed by atoms with Gasteiger partial charge in [0.1, 0.15) is 0 Å². The van der Waals surface area contributed by atoms with Crippen LogP contribution in [0.4, 0.5) is 34.1 Å². The molecular formula is C52H56N2. The van der Waals surface area contributed by atoms with Crippen LogP contribution in [0.25, 0.3) is 21.5 Å². The van der Waals surface area contributed by atoms with Crippen LogP contribution in [-0.4, -0.2) is 0 Å². The van der Waals surface area contributed by atoms with Gasteiger partial charge in [-0.05, 0) is 156 Å². The number of nitrogens with zero attached hydrogens (tertiary/aromatic N) is 2. The Hall–Kier alpha value is -5.34. The van der Waals surface area contributed by atoms with E-state index in [1.165, 1.54) is 77.4 Å². The number of hydrogen-bond acceptors (Lipinski definition) is 2. The molecule has 2 nitrogen and oxygen atoms in total. The Morgan fingerprint density at radius 3 is 0.926 bits per heavy atom. The van der Waals surface area contributed by atoms with Crippen LogP contribution in [0, 0.1) is 41.5 Å². The third-order valence-electron chi connectivity index (χ3n) is 11.1. The molecular weight excluding hydrogens is 653 g/mol. The fourth-order valence-corrected chi connectivity index (χ4v) is 8.01. The van der Waals surface area contributed by atoms with Crippen molar-refractivity contribution in [3.05, 3.63) is 166 Å². The minimum Gasteiger partial charge on any atom is -0.310 e. The van der Waals surface area contributed by atoms with Crippen molar-refractivity contribution in [3.8, 4) is 0 Å². The predicted molar refractivity (Wildman–Crippen MR) is 237 cm³/mol. The summed E-state index contributed by atoms with van der Waals surface area (Å²) in [6, 6.07) is 45.9. The zero-order chi connectivity index (χ0) is 38.7. The van der Waals surface area contributed by atoms with Gasteiger partial charge in [-0.2, -0.15) is 0 Å². The van der Waals surface area contributed by atoms with E-state index < -0.39 is 0 Å². The lowest BCUT2D eigenvalue weighted by Crippen LogP contribution is -2.16. The second-order valence-corrected chi connectivity index (χ2v) is 17.6. The summed E-state index contributed by atoms with van der Waals surface area (Å²) in [4.78, 5) is 4.89. The van der Waals surface area contributed by atoms with Crippen molar-refractivity contribution >= 4 is 55.7 Å². The summed E-state index contributed by atoms with van der Waals surface area (Å²) in [6.45, 7) is 27.1. The Labute approximate surface area is 324 Å². The van der Waals surface area contributed by atoms with Crippen LogP contribution in [0.15, 0.2) is 121 Å². The maximum atomic E-state index is 2.44. The number of aryl methyl sites for hydroxylation is 6. The molecule has 0 aliphatic rings. The van der Waals surface area contributed by atoms with E-state index >= 15 is 0 Å². The van der Waals surface area contributed by atoms with Crippen LogP contribution in [-0.2, 0) is 10.8 Å². The van der Waals surface area contributed by atoms with Gasteiger partial charge in [-0.3, -0.25) is 0 Å². The van der Waals surface area contributed by atoms with E-state index in [9.17, 15) is 0 Å². The van der Waals surface area contributed by atoms with Crippen LogP contribution >= 0.6 is 0 Å². The molecule has 7 aromatic rings. The molecule has 0 aliphatic carbocycles. The van der Waals surface area contributed by atoms with Gasteiger partial charge < -0.3 is 9.80 Å². The largest absolute Gasteiger partial charge is 0.310 e. The molecule has 0 spiro atoms. The maximum absolute atomic E-state index is 2.44. The van der Waals surface area contributed by atoms with E-state index in [-0.39, 0.29) is 10.8 Å². The molecule has 0 N–H and O–H groups in total. The van der Waals surface area contributed by atoms with Crippen LogP contribution in [0.5, 0.6) is 0 Å². The maximum Gasteiger partial charge on any atom is 0.0520 e. The van der Waals surface area contributed by atoms with Gasteiger partial charge in [0.2, 0.25) is 0 Å². The number of hydrogen-bond donors (Lipinski definition) is 0. The standard InChI is InChI=1S/C52H56N2/c1-33-13-19-43(20-14-33)53(49-35(3)27-41(28-36(49)4)51(7,8)9)45-23-25-47-39(31-45)17-18-40-32-46(24-26-48(40)47)54(44-21-15-34(2)16-22-44)50-37(5)29-42(30-38(50)6)52(10,11)12/h13-32H,1-12H3. The SMILES string of the molecule is Cc1ccc(N(c2ccc3c(ccc4cc(N(c5ccc(C)cc5)c5c(C)cc(C(C)(C)C)cc5C)ccc43)c2)c2c(C)cc(C(C)(C)C)cc2C)cc1. The Bertz CT molecular complexity index is 2280. The van der Waals surface area contributed by atoms with Crippen LogP contribution < -0.4 is 9.80 Å². The van der Waals surface area contributed by atoms with Crippen molar-refractivity contribution in [1.82, 2.24) is 0 Å². The van der Waals surface area contributed by atoms with Crippen molar-refractivity contribution in [2.24, 2.45) is 0 Å². The van der Waals surface area contributed by atoms with Crippen molar-refractivity contribution in [2.45, 2.75) is 93.9 Å². The monoisotopic (exact) mass is 708 g/mol. The van der Waals surface area contributed by atoms with Crippen molar-refractivity contribution < 1.29 is 0 Å². The summed E-state index contributed by atoms with van der Waals surface area (Å²) in [5, 5.41) is 4.97. The molecule has 0 radical (unpaired) electrons. The molecule has 7 rings (SSSR count). The Balaban J connectivity index is 1.36. The summed E-state index contributed by atoms with van der Waals surface area (Å²) >= 11 is 0. The molecule has 274 valence electrons. The highest BCUT2D eigenvalue weighted by atomic mass is 15.2. The normalized spacial score (nSPS) is 12.1. The van der Waals surface area contributed by atoms with Gasteiger partial charge in [-0.1, -0.05) is 125 Å². The molecule has 0 amide bonds. The van der Waals surface area contributed by atoms with E-state index in [0.29, 0.717) is 0 Å². The number of benzene rings is 7. The highest BCUT2D eigenvalue weighted by Crippen LogP contribution is 2.44. The van der Waals surface area contributed by atoms with Crippen molar-refractivity contribution in [3.63, 3.8) is 0 Å². The average molecular weight is 709 g/mol.